The van der Waals surface area contributed by atoms with E-state index in [1.165, 1.54) is 11.3 Å². The molecule has 0 aliphatic heterocycles. The number of thiophene rings is 1. The van der Waals surface area contributed by atoms with Gasteiger partial charge in [0.05, 0.1) is 10.6 Å². The molecule has 0 saturated carbocycles. The Hall–Kier alpha value is -1.46. The molecule has 0 radical (unpaired) electrons. The highest BCUT2D eigenvalue weighted by Crippen LogP contribution is 2.23. The first kappa shape index (κ1) is 15.9. The lowest BCUT2D eigenvalue weighted by atomic mass is 10.1. The van der Waals surface area contributed by atoms with Crippen molar-refractivity contribution in [2.24, 2.45) is 0 Å². The van der Waals surface area contributed by atoms with Gasteiger partial charge < -0.3 is 5.32 Å². The average molecular weight is 366 g/mol. The van der Waals surface area contributed by atoms with Crippen LogP contribution in [-0.2, 0) is 4.79 Å². The van der Waals surface area contributed by atoms with Crippen LogP contribution >= 0.6 is 27.3 Å². The molecule has 110 valence electrons. The van der Waals surface area contributed by atoms with E-state index in [0.29, 0.717) is 19.3 Å². The molecule has 0 atom stereocenters. The number of hydrogen-bond donors (Lipinski definition) is 1. The number of nitrogens with one attached hydrogen (secondary N) is 1. The molecule has 3 nitrogen and oxygen atoms in total. The Morgan fingerprint density at radius 2 is 2.05 bits per heavy atom. The van der Waals surface area contributed by atoms with Crippen molar-refractivity contribution in [3.63, 3.8) is 0 Å². The summed E-state index contributed by atoms with van der Waals surface area (Å²) in [4.78, 5) is 24.4. The molecule has 0 fully saturated rings. The molecule has 0 bridgehead atoms. The lowest BCUT2D eigenvalue weighted by molar-refractivity contribution is -0.116. The minimum atomic E-state index is -0.0708. The predicted molar refractivity (Wildman–Crippen MR) is 90.0 cm³/mol. The minimum Gasteiger partial charge on any atom is -0.325 e. The van der Waals surface area contributed by atoms with E-state index in [2.05, 4.69) is 21.2 Å². The summed E-state index contributed by atoms with van der Waals surface area (Å²) < 4.78 is 0.866. The van der Waals surface area contributed by atoms with E-state index in [9.17, 15) is 9.59 Å². The van der Waals surface area contributed by atoms with E-state index in [0.717, 1.165) is 20.6 Å². The molecule has 1 amide bonds. The molecule has 0 aliphatic rings. The molecule has 5 heteroatoms. The fourth-order valence-corrected chi connectivity index (χ4v) is 3.19. The van der Waals surface area contributed by atoms with E-state index in [-0.39, 0.29) is 11.7 Å². The van der Waals surface area contributed by atoms with Gasteiger partial charge in [-0.2, -0.15) is 0 Å². The Bertz CT molecular complexity index is 638. The highest BCUT2D eigenvalue weighted by atomic mass is 79.9. The zero-order valence-electron chi connectivity index (χ0n) is 11.7. The SMILES string of the molecule is Cc1ccc(NC(=O)CCCC(=O)c2cccs2)c(Br)c1. The predicted octanol–water partition coefficient (Wildman–Crippen LogP) is 4.81. The molecule has 0 spiro atoms. The number of amides is 1. The third-order valence-corrected chi connectivity index (χ3v) is 4.57. The number of hydrogen-bond acceptors (Lipinski definition) is 3. The van der Waals surface area contributed by atoms with Crippen LogP contribution in [-0.4, -0.2) is 11.7 Å². The lowest BCUT2D eigenvalue weighted by Crippen LogP contribution is -2.12. The number of Topliss-reactive ketones (excluding diaryl/α,β-unsaturated/α-hetero) is 1. The van der Waals surface area contributed by atoms with Crippen LogP contribution in [0.3, 0.4) is 0 Å². The molecule has 0 saturated heterocycles. The fraction of sp³-hybridized carbons (Fsp3) is 0.250. The van der Waals surface area contributed by atoms with Gasteiger partial charge in [-0.05, 0) is 58.4 Å². The molecule has 1 aromatic carbocycles. The van der Waals surface area contributed by atoms with Crippen LogP contribution in [0.2, 0.25) is 0 Å². The summed E-state index contributed by atoms with van der Waals surface area (Å²) in [6, 6.07) is 9.45. The first-order valence-electron chi connectivity index (χ1n) is 6.69. The van der Waals surface area contributed by atoms with Gasteiger partial charge in [0.15, 0.2) is 5.78 Å². The fourth-order valence-electron chi connectivity index (χ4n) is 1.90. The van der Waals surface area contributed by atoms with Gasteiger partial charge in [0.2, 0.25) is 5.91 Å². The summed E-state index contributed by atoms with van der Waals surface area (Å²) in [5.41, 5.74) is 1.89. The molecule has 2 aromatic rings. The first-order valence-corrected chi connectivity index (χ1v) is 8.36. The van der Waals surface area contributed by atoms with Crippen molar-refractivity contribution < 1.29 is 9.59 Å². The largest absolute Gasteiger partial charge is 0.325 e. The van der Waals surface area contributed by atoms with Crippen molar-refractivity contribution in [3.8, 4) is 0 Å². The van der Waals surface area contributed by atoms with E-state index in [4.69, 9.17) is 0 Å². The van der Waals surface area contributed by atoms with E-state index >= 15 is 0 Å². The number of rotatable bonds is 6. The van der Waals surface area contributed by atoms with Crippen LogP contribution in [0, 0.1) is 6.92 Å². The van der Waals surface area contributed by atoms with Crippen LogP contribution in [0.25, 0.3) is 0 Å². The van der Waals surface area contributed by atoms with Gasteiger partial charge in [-0.1, -0.05) is 12.1 Å². The zero-order valence-corrected chi connectivity index (χ0v) is 14.1. The Labute approximate surface area is 136 Å². The lowest BCUT2D eigenvalue weighted by Gasteiger charge is -2.07. The van der Waals surface area contributed by atoms with Crippen LogP contribution in [0.4, 0.5) is 5.69 Å². The molecule has 1 aromatic heterocycles. The summed E-state index contributed by atoms with van der Waals surface area (Å²) in [5, 5.41) is 4.74. The van der Waals surface area contributed by atoms with E-state index in [1.54, 1.807) is 0 Å². The van der Waals surface area contributed by atoms with Gasteiger partial charge >= 0.3 is 0 Å². The monoisotopic (exact) mass is 365 g/mol. The molecule has 0 unspecified atom stereocenters. The highest BCUT2D eigenvalue weighted by molar-refractivity contribution is 9.10. The molecular formula is C16H16BrNO2S. The topological polar surface area (TPSA) is 46.2 Å². The van der Waals surface area contributed by atoms with Gasteiger partial charge in [0.1, 0.15) is 0 Å². The number of benzene rings is 1. The van der Waals surface area contributed by atoms with Gasteiger partial charge in [-0.3, -0.25) is 9.59 Å². The van der Waals surface area contributed by atoms with Crippen LogP contribution in [0.15, 0.2) is 40.2 Å². The van der Waals surface area contributed by atoms with Crippen LogP contribution in [0.1, 0.15) is 34.5 Å². The van der Waals surface area contributed by atoms with Crippen molar-refractivity contribution in [2.45, 2.75) is 26.2 Å². The number of halogens is 1. The molecule has 2 rings (SSSR count). The normalized spacial score (nSPS) is 10.4. The van der Waals surface area contributed by atoms with Gasteiger partial charge in [-0.15, -0.1) is 11.3 Å². The number of aryl methyl sites for hydroxylation is 1. The van der Waals surface area contributed by atoms with Gasteiger partial charge in [-0.25, -0.2) is 0 Å². The average Bonchev–Trinajstić information content (AvgIpc) is 2.96. The third-order valence-electron chi connectivity index (χ3n) is 3.00. The van der Waals surface area contributed by atoms with Crippen molar-refractivity contribution in [2.75, 3.05) is 5.32 Å². The maximum atomic E-state index is 11.9. The summed E-state index contributed by atoms with van der Waals surface area (Å²) in [5.74, 6) is 0.0350. The number of anilines is 1. The smallest absolute Gasteiger partial charge is 0.224 e. The Morgan fingerprint density at radius 3 is 2.71 bits per heavy atom. The summed E-state index contributed by atoms with van der Waals surface area (Å²) in [6.07, 6.45) is 1.31. The van der Waals surface area contributed by atoms with Crippen LogP contribution < -0.4 is 5.32 Å². The van der Waals surface area contributed by atoms with Crippen molar-refractivity contribution in [1.29, 1.82) is 0 Å². The second-order valence-corrected chi connectivity index (χ2v) is 6.59. The Morgan fingerprint density at radius 1 is 1.24 bits per heavy atom. The maximum Gasteiger partial charge on any atom is 0.224 e. The molecule has 0 aliphatic carbocycles. The molecule has 1 N–H and O–H groups in total. The minimum absolute atomic E-state index is 0.0708. The maximum absolute atomic E-state index is 11.9. The number of ketones is 1. The molecular weight excluding hydrogens is 350 g/mol. The second-order valence-electron chi connectivity index (χ2n) is 4.79. The quantitative estimate of drug-likeness (QED) is 0.746. The van der Waals surface area contributed by atoms with Gasteiger partial charge in [0.25, 0.3) is 0 Å². The summed E-state index contributed by atoms with van der Waals surface area (Å²) in [6.45, 7) is 1.99. The number of carbonyl (C=O) groups is 2. The van der Waals surface area contributed by atoms with E-state index < -0.39 is 0 Å². The first-order chi connectivity index (χ1) is 10.1. The Balaban J connectivity index is 1.78. The molecule has 21 heavy (non-hydrogen) atoms. The highest BCUT2D eigenvalue weighted by Gasteiger charge is 2.09. The molecule has 1 heterocycles. The summed E-state index contributed by atoms with van der Waals surface area (Å²) in [7, 11) is 0. The van der Waals surface area contributed by atoms with Crippen molar-refractivity contribution in [1.82, 2.24) is 0 Å². The van der Waals surface area contributed by atoms with Crippen molar-refractivity contribution >= 4 is 44.6 Å². The summed E-state index contributed by atoms with van der Waals surface area (Å²) >= 11 is 4.87. The van der Waals surface area contributed by atoms with E-state index in [1.807, 2.05) is 42.6 Å². The second kappa shape index (κ2) is 7.52. The standard InChI is InChI=1S/C16H16BrNO2S/c1-11-7-8-13(12(17)10-11)18-16(20)6-2-4-14(19)15-5-3-9-21-15/h3,5,7-10H,2,4,6H2,1H3,(H,18,20). The zero-order chi connectivity index (χ0) is 15.2. The van der Waals surface area contributed by atoms with Crippen LogP contribution in [0.5, 0.6) is 0 Å². The Kier molecular flexibility index (Phi) is 5.70. The number of carbonyl (C=O) groups excluding carboxylic acids is 2. The van der Waals surface area contributed by atoms with Gasteiger partial charge in [0, 0.05) is 17.3 Å². The third kappa shape index (κ3) is 4.79. The van der Waals surface area contributed by atoms with Crippen molar-refractivity contribution in [3.05, 3.63) is 50.6 Å².